The van der Waals surface area contributed by atoms with Crippen molar-refractivity contribution in [2.75, 3.05) is 6.54 Å². The highest BCUT2D eigenvalue weighted by Crippen LogP contribution is 2.28. The van der Waals surface area contributed by atoms with Gasteiger partial charge in [-0.05, 0) is 48.7 Å². The number of likely N-dealkylation sites (tertiary alicyclic amines) is 1. The van der Waals surface area contributed by atoms with Gasteiger partial charge in [0.25, 0.3) is 0 Å². The predicted octanol–water partition coefficient (Wildman–Crippen LogP) is 3.60. The number of amides is 1. The highest BCUT2D eigenvalue weighted by Gasteiger charge is 2.39. The lowest BCUT2D eigenvalue weighted by Crippen LogP contribution is -2.43. The van der Waals surface area contributed by atoms with Crippen LogP contribution in [-0.4, -0.2) is 65.9 Å². The van der Waals surface area contributed by atoms with Crippen molar-refractivity contribution < 1.29 is 23.2 Å². The van der Waals surface area contributed by atoms with Gasteiger partial charge in [0.15, 0.2) is 11.6 Å². The number of carbonyl (C=O) groups is 3. The number of ketones is 2. The standard InChI is InChI=1S/C28H26F2N6O3/c1-15-10-33-26(30)8-19(15)7-25(38)24-9-21(29)13-35(24)27(39)14-36-23-5-4-18(20-11-31-17(3)32-12-20)6-22(23)28(34-36)16(2)37/h4-6,8,10-12,21,24H,7,9,13-14H2,1-3H3/t21-,24+/m1/s1. The molecule has 9 nitrogen and oxygen atoms in total. The van der Waals surface area contributed by atoms with Crippen LogP contribution in [0.25, 0.3) is 22.0 Å². The van der Waals surface area contributed by atoms with Crippen molar-refractivity contribution in [1.29, 1.82) is 0 Å². The Labute approximate surface area is 222 Å². The van der Waals surface area contributed by atoms with Gasteiger partial charge in [0, 0.05) is 49.3 Å². The molecule has 5 rings (SSSR count). The number of aromatic nitrogens is 5. The maximum Gasteiger partial charge on any atom is 0.245 e. The normalized spacial score (nSPS) is 17.1. The second-order valence-corrected chi connectivity index (χ2v) is 9.78. The lowest BCUT2D eigenvalue weighted by molar-refractivity contribution is -0.138. The smallest absolute Gasteiger partial charge is 0.245 e. The highest BCUT2D eigenvalue weighted by atomic mass is 19.1. The quantitative estimate of drug-likeness (QED) is 0.264. The molecule has 200 valence electrons. The molecule has 1 aliphatic heterocycles. The first-order valence-corrected chi connectivity index (χ1v) is 12.5. The lowest BCUT2D eigenvalue weighted by Gasteiger charge is -2.23. The zero-order chi connectivity index (χ0) is 27.8. The Kier molecular flexibility index (Phi) is 6.98. The molecule has 1 amide bonds. The summed E-state index contributed by atoms with van der Waals surface area (Å²) in [7, 11) is 0. The average Bonchev–Trinajstić information content (AvgIpc) is 3.47. The van der Waals surface area contributed by atoms with Crippen molar-refractivity contribution >= 4 is 28.4 Å². The monoisotopic (exact) mass is 532 g/mol. The van der Waals surface area contributed by atoms with Crippen LogP contribution in [0.15, 0.2) is 42.9 Å². The number of aryl methyl sites for hydroxylation is 2. The fourth-order valence-electron chi connectivity index (χ4n) is 4.90. The van der Waals surface area contributed by atoms with E-state index >= 15 is 0 Å². The molecule has 4 aromatic rings. The summed E-state index contributed by atoms with van der Waals surface area (Å²) in [6.45, 7) is 4.37. The Morgan fingerprint density at radius 2 is 1.77 bits per heavy atom. The van der Waals surface area contributed by atoms with Crippen LogP contribution in [0.2, 0.25) is 0 Å². The van der Waals surface area contributed by atoms with Crippen LogP contribution in [0.5, 0.6) is 0 Å². The van der Waals surface area contributed by atoms with Gasteiger partial charge in [-0.3, -0.25) is 19.1 Å². The number of fused-ring (bicyclic) bond motifs is 1. The summed E-state index contributed by atoms with van der Waals surface area (Å²) in [6.07, 6.45) is 3.07. The first kappa shape index (κ1) is 26.2. The molecule has 39 heavy (non-hydrogen) atoms. The topological polar surface area (TPSA) is 111 Å². The van der Waals surface area contributed by atoms with E-state index in [1.807, 2.05) is 6.07 Å². The van der Waals surface area contributed by atoms with E-state index in [1.165, 1.54) is 28.8 Å². The van der Waals surface area contributed by atoms with Crippen molar-refractivity contribution in [1.82, 2.24) is 29.6 Å². The Bertz CT molecular complexity index is 1600. The van der Waals surface area contributed by atoms with Gasteiger partial charge in [0.1, 0.15) is 24.2 Å². The maximum absolute atomic E-state index is 14.5. The minimum atomic E-state index is -1.36. The molecule has 2 atom stereocenters. The highest BCUT2D eigenvalue weighted by molar-refractivity contribution is 6.06. The molecule has 11 heteroatoms. The summed E-state index contributed by atoms with van der Waals surface area (Å²) in [5, 5.41) is 4.94. The molecule has 1 fully saturated rings. The summed E-state index contributed by atoms with van der Waals surface area (Å²) in [6, 6.07) is 5.56. The fraction of sp³-hybridized carbons (Fsp3) is 0.321. The van der Waals surface area contributed by atoms with Crippen molar-refractivity contribution in [2.24, 2.45) is 0 Å². The molecule has 0 saturated carbocycles. The number of carbonyl (C=O) groups excluding carboxylic acids is 3. The predicted molar refractivity (Wildman–Crippen MR) is 138 cm³/mol. The minimum Gasteiger partial charge on any atom is -0.328 e. The van der Waals surface area contributed by atoms with Gasteiger partial charge < -0.3 is 4.90 Å². The number of rotatable bonds is 7. The Hall–Kier alpha value is -4.41. The van der Waals surface area contributed by atoms with Crippen LogP contribution in [0.4, 0.5) is 8.78 Å². The molecular formula is C28H26F2N6O3. The van der Waals surface area contributed by atoms with Gasteiger partial charge in [-0.15, -0.1) is 0 Å². The fourth-order valence-corrected chi connectivity index (χ4v) is 4.90. The van der Waals surface area contributed by atoms with E-state index < -0.39 is 24.1 Å². The lowest BCUT2D eigenvalue weighted by atomic mass is 9.99. The molecule has 1 saturated heterocycles. The molecule has 0 radical (unpaired) electrons. The van der Waals surface area contributed by atoms with E-state index in [0.717, 1.165) is 11.1 Å². The summed E-state index contributed by atoms with van der Waals surface area (Å²) in [5.41, 5.74) is 3.36. The number of Topliss-reactive ketones (excluding diaryl/α,β-unsaturated/α-hetero) is 2. The van der Waals surface area contributed by atoms with Crippen LogP contribution in [0.3, 0.4) is 0 Å². The van der Waals surface area contributed by atoms with Crippen LogP contribution in [0.1, 0.15) is 40.8 Å². The first-order chi connectivity index (χ1) is 18.6. The van der Waals surface area contributed by atoms with E-state index in [4.69, 9.17) is 0 Å². The summed E-state index contributed by atoms with van der Waals surface area (Å²) in [4.78, 5) is 52.1. The number of hydrogen-bond donors (Lipinski definition) is 0. The third-order valence-electron chi connectivity index (χ3n) is 6.97. The van der Waals surface area contributed by atoms with Crippen LogP contribution in [0, 0.1) is 19.8 Å². The maximum atomic E-state index is 14.5. The molecule has 1 aromatic carbocycles. The number of pyridine rings is 1. The number of nitrogens with zero attached hydrogens (tertiary/aromatic N) is 6. The first-order valence-electron chi connectivity index (χ1n) is 12.5. The molecular weight excluding hydrogens is 506 g/mol. The second-order valence-electron chi connectivity index (χ2n) is 9.78. The average molecular weight is 533 g/mol. The molecule has 3 aromatic heterocycles. The third-order valence-corrected chi connectivity index (χ3v) is 6.97. The van der Waals surface area contributed by atoms with Crippen molar-refractivity contribution in [3.63, 3.8) is 0 Å². The van der Waals surface area contributed by atoms with Crippen LogP contribution in [-0.2, 0) is 22.6 Å². The van der Waals surface area contributed by atoms with Gasteiger partial charge in [0.05, 0.1) is 18.1 Å². The van der Waals surface area contributed by atoms with E-state index in [-0.39, 0.29) is 43.2 Å². The minimum absolute atomic E-state index is 0.127. The third kappa shape index (κ3) is 5.29. The van der Waals surface area contributed by atoms with Crippen molar-refractivity contribution in [2.45, 2.75) is 52.4 Å². The van der Waals surface area contributed by atoms with E-state index in [0.29, 0.717) is 27.9 Å². The van der Waals surface area contributed by atoms with Gasteiger partial charge >= 0.3 is 0 Å². The summed E-state index contributed by atoms with van der Waals surface area (Å²) >= 11 is 0. The molecule has 0 N–H and O–H groups in total. The number of hydrogen-bond acceptors (Lipinski definition) is 7. The van der Waals surface area contributed by atoms with E-state index in [2.05, 4.69) is 20.1 Å². The number of halogens is 2. The van der Waals surface area contributed by atoms with Gasteiger partial charge in [0.2, 0.25) is 11.9 Å². The Balaban J connectivity index is 1.41. The molecule has 0 aliphatic carbocycles. The molecule has 0 spiro atoms. The van der Waals surface area contributed by atoms with Crippen molar-refractivity contribution in [3.05, 3.63) is 71.4 Å². The van der Waals surface area contributed by atoms with Gasteiger partial charge in [-0.25, -0.2) is 19.3 Å². The zero-order valence-electron chi connectivity index (χ0n) is 21.7. The Morgan fingerprint density at radius 3 is 2.49 bits per heavy atom. The molecule has 1 aliphatic rings. The second kappa shape index (κ2) is 10.4. The molecule has 0 bridgehead atoms. The van der Waals surface area contributed by atoms with E-state index in [1.54, 1.807) is 38.4 Å². The summed E-state index contributed by atoms with van der Waals surface area (Å²) < 4.78 is 29.5. The van der Waals surface area contributed by atoms with E-state index in [9.17, 15) is 23.2 Å². The van der Waals surface area contributed by atoms with Crippen LogP contribution < -0.4 is 0 Å². The Morgan fingerprint density at radius 1 is 1.03 bits per heavy atom. The van der Waals surface area contributed by atoms with Crippen molar-refractivity contribution in [3.8, 4) is 11.1 Å². The zero-order valence-corrected chi connectivity index (χ0v) is 21.7. The van der Waals surface area contributed by atoms with Gasteiger partial charge in [-0.1, -0.05) is 6.07 Å². The SMILES string of the molecule is CC(=O)c1nn(CC(=O)N2C[C@H](F)C[C@H]2C(=O)Cc2cc(F)ncc2C)c2ccc(-c3cnc(C)nc3)cc12. The number of benzene rings is 1. The summed E-state index contributed by atoms with van der Waals surface area (Å²) in [5.74, 6) is -1.23. The molecule has 4 heterocycles. The van der Waals surface area contributed by atoms with Gasteiger partial charge in [-0.2, -0.15) is 9.49 Å². The number of alkyl halides is 1. The van der Waals surface area contributed by atoms with Crippen LogP contribution >= 0.6 is 0 Å². The molecule has 0 unspecified atom stereocenters. The largest absolute Gasteiger partial charge is 0.328 e.